The van der Waals surface area contributed by atoms with Gasteiger partial charge in [0.05, 0.1) is 16.6 Å². The molecule has 1 aromatic rings. The molecule has 0 radical (unpaired) electrons. The SMILES string of the molecule is Cc1ccc(OCC(=O)NC2(CO)CCCCC2)c(Br)c1. The Morgan fingerprint density at radius 2 is 2.10 bits per heavy atom. The summed E-state index contributed by atoms with van der Waals surface area (Å²) in [6.45, 7) is 1.95. The number of amides is 1. The van der Waals surface area contributed by atoms with Crippen LogP contribution in [-0.4, -0.2) is 29.8 Å². The monoisotopic (exact) mass is 355 g/mol. The Morgan fingerprint density at radius 1 is 1.38 bits per heavy atom. The van der Waals surface area contributed by atoms with Crippen molar-refractivity contribution in [1.82, 2.24) is 5.32 Å². The van der Waals surface area contributed by atoms with Crippen molar-refractivity contribution in [3.05, 3.63) is 28.2 Å². The number of nitrogens with one attached hydrogen (secondary N) is 1. The van der Waals surface area contributed by atoms with Gasteiger partial charge in [-0.15, -0.1) is 0 Å². The maximum atomic E-state index is 12.1. The van der Waals surface area contributed by atoms with Crippen molar-refractivity contribution in [3.8, 4) is 5.75 Å². The molecule has 116 valence electrons. The molecule has 0 unspecified atom stereocenters. The number of hydrogen-bond acceptors (Lipinski definition) is 3. The van der Waals surface area contributed by atoms with Gasteiger partial charge in [0.25, 0.3) is 5.91 Å². The minimum Gasteiger partial charge on any atom is -0.483 e. The number of aryl methyl sites for hydroxylation is 1. The molecular formula is C16H22BrNO3. The molecule has 0 bridgehead atoms. The third kappa shape index (κ3) is 4.45. The second-order valence-corrected chi connectivity index (χ2v) is 6.62. The van der Waals surface area contributed by atoms with Crippen molar-refractivity contribution in [2.75, 3.05) is 13.2 Å². The lowest BCUT2D eigenvalue weighted by Gasteiger charge is -2.36. The summed E-state index contributed by atoms with van der Waals surface area (Å²) in [5, 5.41) is 12.5. The van der Waals surface area contributed by atoms with Crippen LogP contribution in [0.2, 0.25) is 0 Å². The van der Waals surface area contributed by atoms with Crippen LogP contribution in [0.25, 0.3) is 0 Å². The zero-order chi connectivity index (χ0) is 15.3. The lowest BCUT2D eigenvalue weighted by molar-refractivity contribution is -0.126. The summed E-state index contributed by atoms with van der Waals surface area (Å²) in [6.07, 6.45) is 4.94. The fourth-order valence-electron chi connectivity index (χ4n) is 2.75. The Labute approximate surface area is 134 Å². The largest absolute Gasteiger partial charge is 0.483 e. The normalized spacial score (nSPS) is 17.3. The van der Waals surface area contributed by atoms with Crippen LogP contribution in [0.4, 0.5) is 0 Å². The van der Waals surface area contributed by atoms with E-state index in [0.29, 0.717) is 5.75 Å². The van der Waals surface area contributed by atoms with Gasteiger partial charge in [0.15, 0.2) is 6.61 Å². The number of aliphatic hydroxyl groups excluding tert-OH is 1. The third-order valence-electron chi connectivity index (χ3n) is 3.96. The summed E-state index contributed by atoms with van der Waals surface area (Å²) < 4.78 is 6.38. The van der Waals surface area contributed by atoms with E-state index in [1.165, 1.54) is 6.42 Å². The summed E-state index contributed by atoms with van der Waals surface area (Å²) in [5.74, 6) is 0.468. The molecule has 0 aromatic heterocycles. The van der Waals surface area contributed by atoms with Crippen LogP contribution < -0.4 is 10.1 Å². The van der Waals surface area contributed by atoms with Gasteiger partial charge in [-0.3, -0.25) is 4.79 Å². The van der Waals surface area contributed by atoms with E-state index < -0.39 is 5.54 Å². The second-order valence-electron chi connectivity index (χ2n) is 5.77. The van der Waals surface area contributed by atoms with Crippen molar-refractivity contribution in [1.29, 1.82) is 0 Å². The molecule has 1 aliphatic carbocycles. The average Bonchev–Trinajstić information content (AvgIpc) is 2.47. The zero-order valence-corrected chi connectivity index (χ0v) is 13.9. The molecule has 1 saturated carbocycles. The molecule has 1 fully saturated rings. The highest BCUT2D eigenvalue weighted by molar-refractivity contribution is 9.10. The lowest BCUT2D eigenvalue weighted by atomic mass is 9.82. The Hall–Kier alpha value is -1.07. The number of carbonyl (C=O) groups is 1. The van der Waals surface area contributed by atoms with Crippen LogP contribution in [0.1, 0.15) is 37.7 Å². The minimum atomic E-state index is -0.455. The smallest absolute Gasteiger partial charge is 0.258 e. The van der Waals surface area contributed by atoms with Crippen molar-refractivity contribution >= 4 is 21.8 Å². The molecule has 4 nitrogen and oxygen atoms in total. The molecule has 0 spiro atoms. The Bertz CT molecular complexity index is 498. The number of halogens is 1. The van der Waals surface area contributed by atoms with Crippen LogP contribution >= 0.6 is 15.9 Å². The van der Waals surface area contributed by atoms with E-state index in [-0.39, 0.29) is 19.1 Å². The molecule has 5 heteroatoms. The van der Waals surface area contributed by atoms with E-state index in [1.807, 2.05) is 25.1 Å². The summed E-state index contributed by atoms with van der Waals surface area (Å²) in [6, 6.07) is 5.73. The van der Waals surface area contributed by atoms with Gasteiger partial charge < -0.3 is 15.2 Å². The number of benzene rings is 1. The van der Waals surface area contributed by atoms with Gasteiger partial charge in [-0.25, -0.2) is 0 Å². The quantitative estimate of drug-likeness (QED) is 0.853. The average molecular weight is 356 g/mol. The number of aliphatic hydroxyl groups is 1. The van der Waals surface area contributed by atoms with E-state index in [0.717, 1.165) is 35.7 Å². The highest BCUT2D eigenvalue weighted by Gasteiger charge is 2.32. The van der Waals surface area contributed by atoms with E-state index in [1.54, 1.807) is 0 Å². The molecule has 1 amide bonds. The predicted molar refractivity (Wildman–Crippen MR) is 85.4 cm³/mol. The first-order chi connectivity index (χ1) is 10.0. The maximum absolute atomic E-state index is 12.1. The third-order valence-corrected chi connectivity index (χ3v) is 4.58. The second kappa shape index (κ2) is 7.27. The van der Waals surface area contributed by atoms with Gasteiger partial charge in [-0.1, -0.05) is 25.3 Å². The van der Waals surface area contributed by atoms with Crippen LogP contribution in [0, 0.1) is 6.92 Å². The molecule has 21 heavy (non-hydrogen) atoms. The van der Waals surface area contributed by atoms with Gasteiger partial charge in [0, 0.05) is 0 Å². The van der Waals surface area contributed by atoms with E-state index >= 15 is 0 Å². The Morgan fingerprint density at radius 3 is 2.71 bits per heavy atom. The van der Waals surface area contributed by atoms with E-state index in [4.69, 9.17) is 4.74 Å². The molecule has 0 atom stereocenters. The first-order valence-electron chi connectivity index (χ1n) is 7.35. The molecule has 0 heterocycles. The zero-order valence-electron chi connectivity index (χ0n) is 12.3. The highest BCUT2D eigenvalue weighted by Crippen LogP contribution is 2.28. The Kier molecular flexibility index (Phi) is 5.65. The van der Waals surface area contributed by atoms with Crippen molar-refractivity contribution in [3.63, 3.8) is 0 Å². The number of ether oxygens (including phenoxy) is 1. The van der Waals surface area contributed by atoms with Gasteiger partial charge in [0.1, 0.15) is 5.75 Å². The van der Waals surface area contributed by atoms with E-state index in [9.17, 15) is 9.90 Å². The predicted octanol–water partition coefficient (Wildman–Crippen LogP) is 2.95. The minimum absolute atomic E-state index is 0.00698. The fourth-order valence-corrected chi connectivity index (χ4v) is 3.36. The van der Waals surface area contributed by atoms with Crippen LogP contribution in [0.3, 0.4) is 0 Å². The fraction of sp³-hybridized carbons (Fsp3) is 0.562. The van der Waals surface area contributed by atoms with Crippen molar-refractivity contribution < 1.29 is 14.6 Å². The van der Waals surface area contributed by atoms with Crippen molar-refractivity contribution in [2.45, 2.75) is 44.6 Å². The summed E-state index contributed by atoms with van der Waals surface area (Å²) in [5.41, 5.74) is 0.670. The summed E-state index contributed by atoms with van der Waals surface area (Å²) in [4.78, 5) is 12.1. The number of hydrogen-bond donors (Lipinski definition) is 2. The number of carbonyl (C=O) groups excluding carboxylic acids is 1. The van der Waals surface area contributed by atoms with E-state index in [2.05, 4.69) is 21.2 Å². The number of rotatable bonds is 5. The van der Waals surface area contributed by atoms with Gasteiger partial charge in [-0.05, 0) is 53.4 Å². The molecule has 2 N–H and O–H groups in total. The van der Waals surface area contributed by atoms with Crippen LogP contribution in [0.15, 0.2) is 22.7 Å². The standard InChI is InChI=1S/C16H22BrNO3/c1-12-5-6-14(13(17)9-12)21-10-15(20)18-16(11-19)7-3-2-4-8-16/h5-6,9,19H,2-4,7-8,10-11H2,1H3,(H,18,20). The molecular weight excluding hydrogens is 334 g/mol. The van der Waals surface area contributed by atoms with Crippen LogP contribution in [-0.2, 0) is 4.79 Å². The first-order valence-corrected chi connectivity index (χ1v) is 8.15. The molecule has 2 rings (SSSR count). The van der Waals surface area contributed by atoms with Gasteiger partial charge in [-0.2, -0.15) is 0 Å². The lowest BCUT2D eigenvalue weighted by Crippen LogP contribution is -2.53. The maximum Gasteiger partial charge on any atom is 0.258 e. The topological polar surface area (TPSA) is 58.6 Å². The first kappa shape index (κ1) is 16.3. The summed E-state index contributed by atoms with van der Waals surface area (Å²) in [7, 11) is 0. The summed E-state index contributed by atoms with van der Waals surface area (Å²) >= 11 is 3.42. The van der Waals surface area contributed by atoms with Gasteiger partial charge >= 0.3 is 0 Å². The molecule has 0 aliphatic heterocycles. The van der Waals surface area contributed by atoms with Crippen LogP contribution in [0.5, 0.6) is 5.75 Å². The van der Waals surface area contributed by atoms with Gasteiger partial charge in [0.2, 0.25) is 0 Å². The van der Waals surface area contributed by atoms with Crippen molar-refractivity contribution in [2.24, 2.45) is 0 Å². The highest BCUT2D eigenvalue weighted by atomic mass is 79.9. The molecule has 1 aliphatic rings. The molecule has 0 saturated heterocycles. The molecule has 1 aromatic carbocycles. The Balaban J connectivity index is 1.89.